The summed E-state index contributed by atoms with van der Waals surface area (Å²) in [6, 6.07) is 13.9. The number of hydrogen-bond acceptors (Lipinski definition) is 5. The van der Waals surface area contributed by atoms with Crippen molar-refractivity contribution in [2.24, 2.45) is 0 Å². The van der Waals surface area contributed by atoms with E-state index in [9.17, 15) is 4.79 Å². The Labute approximate surface area is 165 Å². The van der Waals surface area contributed by atoms with E-state index >= 15 is 0 Å². The van der Waals surface area contributed by atoms with E-state index < -0.39 is 6.10 Å². The van der Waals surface area contributed by atoms with Crippen LogP contribution in [0.15, 0.2) is 42.5 Å². The number of benzene rings is 2. The summed E-state index contributed by atoms with van der Waals surface area (Å²) in [6.45, 7) is 8.10. The van der Waals surface area contributed by atoms with Gasteiger partial charge >= 0.3 is 0 Å². The highest BCUT2D eigenvalue weighted by Gasteiger charge is 2.26. The molecule has 28 heavy (non-hydrogen) atoms. The van der Waals surface area contributed by atoms with Gasteiger partial charge in [-0.15, -0.1) is 0 Å². The molecule has 2 heterocycles. The lowest BCUT2D eigenvalue weighted by molar-refractivity contribution is -0.139. The van der Waals surface area contributed by atoms with Gasteiger partial charge in [0.2, 0.25) is 6.79 Å². The van der Waals surface area contributed by atoms with Gasteiger partial charge in [-0.3, -0.25) is 9.69 Å². The Balaban J connectivity index is 1.27. The second-order valence-corrected chi connectivity index (χ2v) is 7.36. The Hall–Kier alpha value is -2.73. The topological polar surface area (TPSA) is 51.2 Å². The summed E-state index contributed by atoms with van der Waals surface area (Å²) in [6.07, 6.45) is -0.483. The number of amides is 1. The van der Waals surface area contributed by atoms with Crippen molar-refractivity contribution in [3.05, 3.63) is 53.6 Å². The van der Waals surface area contributed by atoms with Gasteiger partial charge in [-0.2, -0.15) is 0 Å². The van der Waals surface area contributed by atoms with Gasteiger partial charge in [-0.05, 0) is 43.7 Å². The maximum atomic E-state index is 12.7. The first-order chi connectivity index (χ1) is 13.6. The van der Waals surface area contributed by atoms with Crippen LogP contribution in [0.3, 0.4) is 0 Å². The zero-order valence-corrected chi connectivity index (χ0v) is 16.4. The number of fused-ring (bicyclic) bond motifs is 1. The van der Waals surface area contributed by atoms with E-state index in [1.165, 1.54) is 11.1 Å². The lowest BCUT2D eigenvalue weighted by atomic mass is 10.1. The van der Waals surface area contributed by atoms with Crippen molar-refractivity contribution in [3.63, 3.8) is 0 Å². The summed E-state index contributed by atoms with van der Waals surface area (Å²) in [7, 11) is 0. The number of nitrogens with zero attached hydrogens (tertiary/aromatic N) is 2. The van der Waals surface area contributed by atoms with Gasteiger partial charge in [0.15, 0.2) is 17.6 Å². The van der Waals surface area contributed by atoms with Crippen molar-refractivity contribution in [2.75, 3.05) is 33.0 Å². The summed E-state index contributed by atoms with van der Waals surface area (Å²) in [4.78, 5) is 17.0. The fourth-order valence-corrected chi connectivity index (χ4v) is 3.55. The lowest BCUT2D eigenvalue weighted by Crippen LogP contribution is -2.51. The monoisotopic (exact) mass is 382 g/mol. The molecule has 2 aromatic carbocycles. The summed E-state index contributed by atoms with van der Waals surface area (Å²) >= 11 is 0. The fraction of sp³-hybridized carbons (Fsp3) is 0.409. The third-order valence-electron chi connectivity index (χ3n) is 5.21. The molecule has 0 unspecified atom stereocenters. The first-order valence-electron chi connectivity index (χ1n) is 9.71. The van der Waals surface area contributed by atoms with Crippen LogP contribution >= 0.6 is 0 Å². The molecule has 6 nitrogen and oxygen atoms in total. The van der Waals surface area contributed by atoms with E-state index in [4.69, 9.17) is 14.2 Å². The largest absolute Gasteiger partial charge is 0.481 e. The molecule has 2 aliphatic rings. The molecule has 0 radical (unpaired) electrons. The van der Waals surface area contributed by atoms with Crippen molar-refractivity contribution in [3.8, 4) is 17.2 Å². The highest BCUT2D eigenvalue weighted by molar-refractivity contribution is 5.81. The molecule has 0 aliphatic carbocycles. The van der Waals surface area contributed by atoms with Crippen LogP contribution in [0.5, 0.6) is 17.2 Å². The zero-order valence-electron chi connectivity index (χ0n) is 16.4. The first kappa shape index (κ1) is 18.6. The van der Waals surface area contributed by atoms with Crippen LogP contribution in [0.1, 0.15) is 18.1 Å². The average Bonchev–Trinajstić information content (AvgIpc) is 3.17. The number of piperazine rings is 1. The van der Waals surface area contributed by atoms with Gasteiger partial charge in [0.05, 0.1) is 0 Å². The van der Waals surface area contributed by atoms with Gasteiger partial charge in [-0.25, -0.2) is 0 Å². The van der Waals surface area contributed by atoms with Gasteiger partial charge in [0.25, 0.3) is 5.91 Å². The summed E-state index contributed by atoms with van der Waals surface area (Å²) < 4.78 is 16.6. The summed E-state index contributed by atoms with van der Waals surface area (Å²) in [5.41, 5.74) is 2.37. The van der Waals surface area contributed by atoms with Crippen LogP contribution in [-0.4, -0.2) is 54.8 Å². The number of carbonyl (C=O) groups excluding carboxylic acids is 1. The molecule has 0 spiro atoms. The molecule has 1 saturated heterocycles. The Morgan fingerprint density at radius 2 is 1.75 bits per heavy atom. The van der Waals surface area contributed by atoms with E-state index in [1.54, 1.807) is 0 Å². The standard InChI is InChI=1S/C22H26N2O4/c1-16-3-6-19(7-4-16)28-17(2)22(25)24-11-9-23(10-12-24)14-18-5-8-20-21(13-18)27-15-26-20/h3-8,13,17H,9-12,14-15H2,1-2H3/t17-/m0/s1. The number of carbonyl (C=O) groups is 1. The molecule has 148 valence electrons. The quantitative estimate of drug-likeness (QED) is 0.796. The molecule has 0 aromatic heterocycles. The lowest BCUT2D eigenvalue weighted by Gasteiger charge is -2.35. The highest BCUT2D eigenvalue weighted by Crippen LogP contribution is 2.32. The van der Waals surface area contributed by atoms with Gasteiger partial charge < -0.3 is 19.1 Å². The molecule has 6 heteroatoms. The second kappa shape index (κ2) is 8.10. The predicted molar refractivity (Wildman–Crippen MR) is 106 cm³/mol. The van der Waals surface area contributed by atoms with Gasteiger partial charge in [-0.1, -0.05) is 23.8 Å². The first-order valence-corrected chi connectivity index (χ1v) is 9.71. The third kappa shape index (κ3) is 4.22. The third-order valence-corrected chi connectivity index (χ3v) is 5.21. The van der Waals surface area contributed by atoms with Crippen LogP contribution in [0, 0.1) is 6.92 Å². The second-order valence-electron chi connectivity index (χ2n) is 7.36. The number of rotatable bonds is 5. The molecule has 2 aliphatic heterocycles. The maximum Gasteiger partial charge on any atom is 0.263 e. The molecule has 1 atom stereocenters. The molecule has 0 N–H and O–H groups in total. The minimum atomic E-state index is -0.483. The molecular weight excluding hydrogens is 356 g/mol. The van der Waals surface area contributed by atoms with Crippen LogP contribution in [-0.2, 0) is 11.3 Å². The minimum Gasteiger partial charge on any atom is -0.481 e. The number of hydrogen-bond donors (Lipinski definition) is 0. The van der Waals surface area contributed by atoms with E-state index in [0.717, 1.165) is 36.9 Å². The predicted octanol–water partition coefficient (Wildman–Crippen LogP) is 2.84. The van der Waals surface area contributed by atoms with Crippen LogP contribution in [0.2, 0.25) is 0 Å². The molecule has 1 fully saturated rings. The smallest absolute Gasteiger partial charge is 0.263 e. The minimum absolute atomic E-state index is 0.0447. The average molecular weight is 382 g/mol. The van der Waals surface area contributed by atoms with Crippen molar-refractivity contribution >= 4 is 5.91 Å². The van der Waals surface area contributed by atoms with Crippen molar-refractivity contribution < 1.29 is 19.0 Å². The van der Waals surface area contributed by atoms with Crippen molar-refractivity contribution in [1.29, 1.82) is 0 Å². The zero-order chi connectivity index (χ0) is 19.5. The molecule has 0 bridgehead atoms. The SMILES string of the molecule is Cc1ccc(O[C@@H](C)C(=O)N2CCN(Cc3ccc4c(c3)OCO4)CC2)cc1. The normalized spacial score (nSPS) is 17.4. The fourth-order valence-electron chi connectivity index (χ4n) is 3.55. The van der Waals surface area contributed by atoms with Crippen LogP contribution < -0.4 is 14.2 Å². The van der Waals surface area contributed by atoms with E-state index in [2.05, 4.69) is 11.0 Å². The Morgan fingerprint density at radius 3 is 2.50 bits per heavy atom. The molecular formula is C22H26N2O4. The number of aryl methyl sites for hydroxylation is 1. The molecule has 1 amide bonds. The van der Waals surface area contributed by atoms with E-state index in [1.807, 2.05) is 55.1 Å². The Morgan fingerprint density at radius 1 is 1.04 bits per heavy atom. The summed E-state index contributed by atoms with van der Waals surface area (Å²) in [5.74, 6) is 2.39. The van der Waals surface area contributed by atoms with E-state index in [0.29, 0.717) is 19.9 Å². The molecule has 0 saturated carbocycles. The Bertz CT molecular complexity index is 829. The molecule has 2 aromatic rings. The van der Waals surface area contributed by atoms with Gasteiger partial charge in [0.1, 0.15) is 5.75 Å². The van der Waals surface area contributed by atoms with Crippen LogP contribution in [0.25, 0.3) is 0 Å². The van der Waals surface area contributed by atoms with Crippen molar-refractivity contribution in [1.82, 2.24) is 9.80 Å². The van der Waals surface area contributed by atoms with E-state index in [-0.39, 0.29) is 5.91 Å². The van der Waals surface area contributed by atoms with Crippen LogP contribution in [0.4, 0.5) is 0 Å². The summed E-state index contributed by atoms with van der Waals surface area (Å²) in [5, 5.41) is 0. The van der Waals surface area contributed by atoms with Crippen molar-refractivity contribution in [2.45, 2.75) is 26.5 Å². The Kier molecular flexibility index (Phi) is 5.39. The maximum absolute atomic E-state index is 12.7. The highest BCUT2D eigenvalue weighted by atomic mass is 16.7. The number of ether oxygens (including phenoxy) is 3. The molecule has 4 rings (SSSR count). The van der Waals surface area contributed by atoms with Gasteiger partial charge in [0, 0.05) is 32.7 Å².